The van der Waals surface area contributed by atoms with Crippen molar-refractivity contribution < 1.29 is 9.21 Å². The lowest BCUT2D eigenvalue weighted by atomic mass is 9.98. The van der Waals surface area contributed by atoms with E-state index in [1.54, 1.807) is 24.4 Å². The van der Waals surface area contributed by atoms with Crippen LogP contribution in [0.15, 0.2) is 45.7 Å². The maximum absolute atomic E-state index is 11.7. The van der Waals surface area contributed by atoms with E-state index in [0.29, 0.717) is 28.4 Å². The van der Waals surface area contributed by atoms with Crippen molar-refractivity contribution in [2.75, 3.05) is 10.6 Å². The fourth-order valence-electron chi connectivity index (χ4n) is 3.72. The van der Waals surface area contributed by atoms with E-state index in [4.69, 9.17) is 10.2 Å². The number of aryl methyl sites for hydroxylation is 1. The van der Waals surface area contributed by atoms with Crippen molar-refractivity contribution in [3.8, 4) is 0 Å². The summed E-state index contributed by atoms with van der Waals surface area (Å²) in [7, 11) is 0. The first-order valence-corrected chi connectivity index (χ1v) is 10.3. The fraction of sp³-hybridized carbons (Fsp3) is 0.217. The van der Waals surface area contributed by atoms with Crippen LogP contribution in [0, 0.1) is 6.92 Å². The van der Waals surface area contributed by atoms with Crippen molar-refractivity contribution in [3.63, 3.8) is 0 Å². The van der Waals surface area contributed by atoms with Crippen LogP contribution in [0.25, 0.3) is 11.1 Å². The number of hydrogen-bond acceptors (Lipinski definition) is 7. The second-order valence-corrected chi connectivity index (χ2v) is 7.38. The predicted octanol–water partition coefficient (Wildman–Crippen LogP) is 3.93. The van der Waals surface area contributed by atoms with Crippen LogP contribution < -0.4 is 22.1 Å². The molecule has 0 saturated carbocycles. The number of H-pyrrole nitrogens is 1. The van der Waals surface area contributed by atoms with Gasteiger partial charge in [-0.05, 0) is 61.2 Å². The number of hydrogen-bond donors (Lipinski definition) is 4. The average molecular weight is 432 g/mol. The Morgan fingerprint density at radius 3 is 2.69 bits per heavy atom. The molecule has 0 unspecified atom stereocenters. The van der Waals surface area contributed by atoms with E-state index < -0.39 is 11.7 Å². The maximum atomic E-state index is 11.7. The van der Waals surface area contributed by atoms with E-state index in [9.17, 15) is 9.59 Å². The molecule has 0 aliphatic carbocycles. The summed E-state index contributed by atoms with van der Waals surface area (Å²) in [6, 6.07) is 8.85. The second-order valence-electron chi connectivity index (χ2n) is 7.38. The summed E-state index contributed by atoms with van der Waals surface area (Å²) in [5.74, 6) is 0.126. The van der Waals surface area contributed by atoms with E-state index in [-0.39, 0.29) is 0 Å². The number of carbonyl (C=O) groups excluding carboxylic acids is 1. The lowest BCUT2D eigenvalue weighted by Crippen LogP contribution is -2.14. The molecular formula is C23H24N6O3. The van der Waals surface area contributed by atoms with Crippen LogP contribution in [-0.2, 0) is 12.8 Å². The molecule has 5 N–H and O–H groups in total. The number of carbonyl (C=O) groups is 1. The van der Waals surface area contributed by atoms with E-state index in [2.05, 4.69) is 25.6 Å². The van der Waals surface area contributed by atoms with Gasteiger partial charge >= 0.3 is 5.76 Å². The molecule has 9 nitrogen and oxygen atoms in total. The molecule has 4 aromatic rings. The van der Waals surface area contributed by atoms with Gasteiger partial charge in [-0.25, -0.2) is 9.78 Å². The Morgan fingerprint density at radius 2 is 1.97 bits per heavy atom. The molecule has 0 bridgehead atoms. The lowest BCUT2D eigenvalue weighted by molar-refractivity contribution is 0.0999. The number of primary amides is 1. The molecule has 2 aromatic heterocycles. The van der Waals surface area contributed by atoms with Gasteiger partial charge in [0, 0.05) is 28.7 Å². The van der Waals surface area contributed by atoms with Crippen LogP contribution >= 0.6 is 0 Å². The quantitative estimate of drug-likeness (QED) is 0.347. The molecule has 2 aromatic carbocycles. The van der Waals surface area contributed by atoms with Crippen molar-refractivity contribution in [2.24, 2.45) is 5.73 Å². The summed E-state index contributed by atoms with van der Waals surface area (Å²) < 4.78 is 5.05. The van der Waals surface area contributed by atoms with Crippen molar-refractivity contribution >= 4 is 40.1 Å². The molecule has 0 saturated heterocycles. The minimum atomic E-state index is -0.496. The first-order chi connectivity index (χ1) is 15.4. The van der Waals surface area contributed by atoms with Gasteiger partial charge in [-0.1, -0.05) is 13.8 Å². The van der Waals surface area contributed by atoms with Crippen molar-refractivity contribution in [1.29, 1.82) is 0 Å². The highest BCUT2D eigenvalue weighted by Crippen LogP contribution is 2.28. The summed E-state index contributed by atoms with van der Waals surface area (Å²) >= 11 is 0. The highest BCUT2D eigenvalue weighted by Gasteiger charge is 2.14. The molecule has 4 rings (SSSR count). The SMILES string of the molecule is CCc1cnc(Nc2ccc(C(N)=O)c(C)c2CC)nc1Nc1ccc2oc(=O)[nH]c2c1. The Balaban J connectivity index is 1.66. The molecule has 0 radical (unpaired) electrons. The van der Waals surface area contributed by atoms with Gasteiger partial charge in [-0.15, -0.1) is 0 Å². The lowest BCUT2D eigenvalue weighted by Gasteiger charge is -2.16. The monoisotopic (exact) mass is 432 g/mol. The molecule has 0 atom stereocenters. The van der Waals surface area contributed by atoms with Gasteiger partial charge in [0.05, 0.1) is 5.52 Å². The maximum Gasteiger partial charge on any atom is 0.417 e. The van der Waals surface area contributed by atoms with Gasteiger partial charge in [0.15, 0.2) is 5.58 Å². The van der Waals surface area contributed by atoms with Gasteiger partial charge in [0.1, 0.15) is 5.82 Å². The average Bonchev–Trinajstić information content (AvgIpc) is 3.13. The minimum absolute atomic E-state index is 0.420. The number of nitrogens with two attached hydrogens (primary N) is 1. The zero-order chi connectivity index (χ0) is 22.8. The number of aromatic amines is 1. The molecule has 0 aliphatic heterocycles. The van der Waals surface area contributed by atoms with Crippen molar-refractivity contribution in [2.45, 2.75) is 33.6 Å². The third-order valence-electron chi connectivity index (χ3n) is 5.39. The third kappa shape index (κ3) is 4.04. The topological polar surface area (TPSA) is 139 Å². The summed E-state index contributed by atoms with van der Waals surface area (Å²) in [6.45, 7) is 5.92. The Labute approximate surface area is 184 Å². The molecular weight excluding hydrogens is 408 g/mol. The molecule has 0 fully saturated rings. The van der Waals surface area contributed by atoms with Crippen molar-refractivity contribution in [1.82, 2.24) is 15.0 Å². The van der Waals surface area contributed by atoms with E-state index in [1.165, 1.54) is 0 Å². The zero-order valence-electron chi connectivity index (χ0n) is 18.1. The second kappa shape index (κ2) is 8.54. The number of fused-ring (bicyclic) bond motifs is 1. The van der Waals surface area contributed by atoms with E-state index >= 15 is 0 Å². The summed E-state index contributed by atoms with van der Waals surface area (Å²) in [5, 5.41) is 6.56. The van der Waals surface area contributed by atoms with Gasteiger partial charge in [-0.3, -0.25) is 9.78 Å². The number of aromatic nitrogens is 3. The molecule has 9 heteroatoms. The van der Waals surface area contributed by atoms with Crippen LogP contribution in [0.4, 0.5) is 23.1 Å². The van der Waals surface area contributed by atoms with Crippen LogP contribution in [-0.4, -0.2) is 20.9 Å². The molecule has 0 spiro atoms. The van der Waals surface area contributed by atoms with Crippen LogP contribution in [0.3, 0.4) is 0 Å². The number of benzene rings is 2. The number of amides is 1. The van der Waals surface area contributed by atoms with Crippen molar-refractivity contribution in [3.05, 3.63) is 69.3 Å². The minimum Gasteiger partial charge on any atom is -0.408 e. The van der Waals surface area contributed by atoms with E-state index in [0.717, 1.165) is 40.9 Å². The summed E-state index contributed by atoms with van der Waals surface area (Å²) in [4.78, 5) is 34.8. The van der Waals surface area contributed by atoms with Gasteiger partial charge in [0.25, 0.3) is 0 Å². The number of nitrogens with one attached hydrogen (secondary N) is 3. The Morgan fingerprint density at radius 1 is 1.16 bits per heavy atom. The van der Waals surface area contributed by atoms with Gasteiger partial charge in [-0.2, -0.15) is 4.98 Å². The smallest absolute Gasteiger partial charge is 0.408 e. The first-order valence-electron chi connectivity index (χ1n) is 10.3. The summed E-state index contributed by atoms with van der Waals surface area (Å²) in [6.07, 6.45) is 3.22. The Hall–Kier alpha value is -4.14. The molecule has 0 aliphatic rings. The highest BCUT2D eigenvalue weighted by atomic mass is 16.4. The molecule has 32 heavy (non-hydrogen) atoms. The van der Waals surface area contributed by atoms with Crippen LogP contribution in [0.2, 0.25) is 0 Å². The molecule has 1 amide bonds. The Kier molecular flexibility index (Phi) is 5.63. The fourth-order valence-corrected chi connectivity index (χ4v) is 3.72. The van der Waals surface area contributed by atoms with Gasteiger partial charge < -0.3 is 20.8 Å². The number of rotatable bonds is 7. The number of anilines is 4. The first kappa shape index (κ1) is 21.1. The van der Waals surface area contributed by atoms with Gasteiger partial charge in [0.2, 0.25) is 11.9 Å². The Bertz CT molecular complexity index is 1370. The molecule has 164 valence electrons. The van der Waals surface area contributed by atoms with E-state index in [1.807, 2.05) is 32.9 Å². The standard InChI is InChI=1S/C23H24N6O3/c1-4-13-11-25-22(27-17-8-7-16(20(24)30)12(3)15(17)5-2)29-21(13)26-14-6-9-19-18(10-14)28-23(31)32-19/h6-11H,4-5H2,1-3H3,(H2,24,30)(H,28,31)(H2,25,26,27,29). The number of oxazole rings is 1. The normalized spacial score (nSPS) is 11.0. The van der Waals surface area contributed by atoms with Crippen LogP contribution in [0.1, 0.15) is 40.9 Å². The number of nitrogens with zero attached hydrogens (tertiary/aromatic N) is 2. The molecule has 2 heterocycles. The summed E-state index contributed by atoms with van der Waals surface area (Å²) in [5.41, 5.74) is 11.4. The zero-order valence-corrected chi connectivity index (χ0v) is 18.1. The predicted molar refractivity (Wildman–Crippen MR) is 124 cm³/mol. The largest absolute Gasteiger partial charge is 0.417 e. The highest BCUT2D eigenvalue weighted by molar-refractivity contribution is 5.95. The van der Waals surface area contributed by atoms with Crippen LogP contribution in [0.5, 0.6) is 0 Å². The third-order valence-corrected chi connectivity index (χ3v) is 5.39.